The Morgan fingerprint density at radius 2 is 2.00 bits per heavy atom. The van der Waals surface area contributed by atoms with Crippen molar-refractivity contribution in [1.82, 2.24) is 4.31 Å². The third-order valence-electron chi connectivity index (χ3n) is 3.29. The van der Waals surface area contributed by atoms with Gasteiger partial charge in [0, 0.05) is 38.2 Å². The van der Waals surface area contributed by atoms with E-state index in [9.17, 15) is 8.42 Å². The lowest BCUT2D eigenvalue weighted by Crippen LogP contribution is -2.43. The van der Waals surface area contributed by atoms with Crippen molar-refractivity contribution in [3.05, 3.63) is 24.3 Å². The van der Waals surface area contributed by atoms with Crippen LogP contribution >= 0.6 is 15.9 Å². The lowest BCUT2D eigenvalue weighted by Gasteiger charge is -2.33. The molecule has 5 nitrogen and oxygen atoms in total. The summed E-state index contributed by atoms with van der Waals surface area (Å²) in [6.07, 6.45) is 0.175. The van der Waals surface area contributed by atoms with Gasteiger partial charge in [-0.2, -0.15) is 0 Å². The van der Waals surface area contributed by atoms with Gasteiger partial charge in [0.05, 0.1) is 17.6 Å². The average Bonchev–Trinajstić information content (AvgIpc) is 2.47. The Morgan fingerprint density at radius 1 is 1.35 bits per heavy atom. The summed E-state index contributed by atoms with van der Waals surface area (Å²) < 4.78 is 30.8. The summed E-state index contributed by atoms with van der Waals surface area (Å²) in [5.74, 6) is 0. The summed E-state index contributed by atoms with van der Waals surface area (Å²) in [5, 5.41) is 0.802. The molecule has 112 valence electrons. The molecule has 1 aromatic carbocycles. The predicted octanol–water partition coefficient (Wildman–Crippen LogP) is 1.54. The monoisotopic (exact) mass is 362 g/mol. The minimum atomic E-state index is -3.36. The van der Waals surface area contributed by atoms with Crippen molar-refractivity contribution in [2.24, 2.45) is 0 Å². The molecule has 0 aromatic heterocycles. The van der Waals surface area contributed by atoms with Crippen LogP contribution < -0.4 is 4.90 Å². The fraction of sp³-hybridized carbons (Fsp3) is 0.538. The number of nitrogens with zero attached hydrogens (tertiary/aromatic N) is 2. The van der Waals surface area contributed by atoms with Gasteiger partial charge < -0.3 is 9.64 Å². The van der Waals surface area contributed by atoms with E-state index in [1.54, 1.807) is 12.1 Å². The van der Waals surface area contributed by atoms with E-state index >= 15 is 0 Å². The van der Waals surface area contributed by atoms with E-state index in [0.29, 0.717) is 11.5 Å². The maximum Gasteiger partial charge on any atom is 0.242 e. The molecule has 0 radical (unpaired) electrons. The molecule has 1 aliphatic rings. The van der Waals surface area contributed by atoms with E-state index in [0.717, 1.165) is 24.1 Å². The Hall–Kier alpha value is -0.630. The summed E-state index contributed by atoms with van der Waals surface area (Å²) in [6.45, 7) is 2.32. The van der Waals surface area contributed by atoms with Crippen LogP contribution in [0.2, 0.25) is 0 Å². The Balaban J connectivity index is 2.16. The van der Waals surface area contributed by atoms with Gasteiger partial charge in [0.2, 0.25) is 10.0 Å². The van der Waals surface area contributed by atoms with Crippen LogP contribution in [0.3, 0.4) is 0 Å². The zero-order chi connectivity index (χ0) is 14.8. The molecule has 1 aromatic rings. The summed E-state index contributed by atoms with van der Waals surface area (Å²) in [4.78, 5) is 2.53. The Kier molecular flexibility index (Phi) is 5.06. The van der Waals surface area contributed by atoms with E-state index in [1.165, 1.54) is 18.4 Å². The van der Waals surface area contributed by atoms with E-state index in [4.69, 9.17) is 4.74 Å². The molecule has 1 aliphatic heterocycles. The second-order valence-corrected chi connectivity index (χ2v) is 7.67. The smallest absolute Gasteiger partial charge is 0.242 e. The maximum atomic E-state index is 12.0. The number of sulfonamides is 1. The van der Waals surface area contributed by atoms with Crippen LogP contribution in [0.15, 0.2) is 29.2 Å². The number of halogens is 1. The van der Waals surface area contributed by atoms with Gasteiger partial charge in [-0.05, 0) is 24.3 Å². The highest BCUT2D eigenvalue weighted by Crippen LogP contribution is 2.22. The van der Waals surface area contributed by atoms with Crippen LogP contribution in [0.25, 0.3) is 0 Å². The first-order valence-corrected chi connectivity index (χ1v) is 8.96. The van der Waals surface area contributed by atoms with Gasteiger partial charge in [-0.1, -0.05) is 15.9 Å². The number of hydrogen-bond donors (Lipinski definition) is 0. The van der Waals surface area contributed by atoms with Gasteiger partial charge in [0.15, 0.2) is 0 Å². The number of morpholine rings is 1. The highest BCUT2D eigenvalue weighted by Gasteiger charge is 2.21. The Bertz CT molecular complexity index is 545. The van der Waals surface area contributed by atoms with Crippen LogP contribution in [0.5, 0.6) is 0 Å². The Labute approximate surface area is 128 Å². The third kappa shape index (κ3) is 3.33. The molecule has 1 fully saturated rings. The predicted molar refractivity (Wildman–Crippen MR) is 83.1 cm³/mol. The van der Waals surface area contributed by atoms with Crippen molar-refractivity contribution < 1.29 is 13.2 Å². The van der Waals surface area contributed by atoms with Gasteiger partial charge in [-0.25, -0.2) is 12.7 Å². The molecule has 2 rings (SSSR count). The van der Waals surface area contributed by atoms with E-state index in [1.807, 2.05) is 12.1 Å². The lowest BCUT2D eigenvalue weighted by molar-refractivity contribution is 0.0571. The average molecular weight is 363 g/mol. The molecule has 1 unspecified atom stereocenters. The second kappa shape index (κ2) is 6.43. The molecule has 7 heteroatoms. The molecule has 0 bridgehead atoms. The SMILES string of the molecule is CN(C)S(=O)(=O)c1ccc(N2CCOC(CBr)C2)cc1. The molecule has 0 amide bonds. The van der Waals surface area contributed by atoms with Gasteiger partial charge in [-0.3, -0.25) is 0 Å². The van der Waals surface area contributed by atoms with Crippen molar-refractivity contribution in [1.29, 1.82) is 0 Å². The number of benzene rings is 1. The van der Waals surface area contributed by atoms with Crippen molar-refractivity contribution in [3.63, 3.8) is 0 Å². The minimum absolute atomic E-state index is 0.175. The number of ether oxygens (including phenoxy) is 1. The zero-order valence-corrected chi connectivity index (χ0v) is 14.0. The molecule has 20 heavy (non-hydrogen) atoms. The first kappa shape index (κ1) is 15.8. The minimum Gasteiger partial charge on any atom is -0.374 e. The van der Waals surface area contributed by atoms with Gasteiger partial charge in [-0.15, -0.1) is 0 Å². The van der Waals surface area contributed by atoms with Gasteiger partial charge in [0.1, 0.15) is 0 Å². The number of alkyl halides is 1. The van der Waals surface area contributed by atoms with Crippen molar-refractivity contribution in [2.45, 2.75) is 11.0 Å². The lowest BCUT2D eigenvalue weighted by atomic mass is 10.2. The van der Waals surface area contributed by atoms with Gasteiger partial charge >= 0.3 is 0 Å². The second-order valence-electron chi connectivity index (χ2n) is 4.87. The van der Waals surface area contributed by atoms with Crippen molar-refractivity contribution in [2.75, 3.05) is 44.0 Å². The Morgan fingerprint density at radius 3 is 2.55 bits per heavy atom. The van der Waals surface area contributed by atoms with Crippen LogP contribution in [0.1, 0.15) is 0 Å². The van der Waals surface area contributed by atoms with Crippen LogP contribution in [-0.4, -0.2) is 57.9 Å². The molecule has 0 N–H and O–H groups in total. The van der Waals surface area contributed by atoms with Crippen LogP contribution in [0, 0.1) is 0 Å². The number of rotatable bonds is 4. The summed E-state index contributed by atoms with van der Waals surface area (Å²) in [5.41, 5.74) is 1.02. The highest BCUT2D eigenvalue weighted by molar-refractivity contribution is 9.09. The van der Waals surface area contributed by atoms with Crippen LogP contribution in [-0.2, 0) is 14.8 Å². The first-order chi connectivity index (χ1) is 9.45. The third-order valence-corrected chi connectivity index (χ3v) is 5.84. The van der Waals surface area contributed by atoms with Crippen molar-refractivity contribution in [3.8, 4) is 0 Å². The molecule has 0 aliphatic carbocycles. The molecule has 1 saturated heterocycles. The standard InChI is InChI=1S/C13H19BrN2O3S/c1-15(2)20(17,18)13-5-3-11(4-6-13)16-7-8-19-12(9-14)10-16/h3-6,12H,7-10H2,1-2H3. The largest absolute Gasteiger partial charge is 0.374 e. The van der Waals surface area contributed by atoms with E-state index in [-0.39, 0.29) is 6.10 Å². The van der Waals surface area contributed by atoms with Crippen molar-refractivity contribution >= 4 is 31.6 Å². The topological polar surface area (TPSA) is 49.9 Å². The van der Waals surface area contributed by atoms with E-state index < -0.39 is 10.0 Å². The highest BCUT2D eigenvalue weighted by atomic mass is 79.9. The molecule has 0 saturated carbocycles. The maximum absolute atomic E-state index is 12.0. The fourth-order valence-electron chi connectivity index (χ4n) is 2.09. The summed E-state index contributed by atoms with van der Waals surface area (Å²) in [7, 11) is -0.290. The van der Waals surface area contributed by atoms with Gasteiger partial charge in [0.25, 0.3) is 0 Å². The molecule has 0 spiro atoms. The van der Waals surface area contributed by atoms with E-state index in [2.05, 4.69) is 20.8 Å². The zero-order valence-electron chi connectivity index (χ0n) is 11.6. The summed E-state index contributed by atoms with van der Waals surface area (Å²) in [6, 6.07) is 7.02. The molecular weight excluding hydrogens is 344 g/mol. The fourth-order valence-corrected chi connectivity index (χ4v) is 3.38. The molecular formula is C13H19BrN2O3S. The molecule has 1 heterocycles. The van der Waals surface area contributed by atoms with Crippen LogP contribution in [0.4, 0.5) is 5.69 Å². The number of anilines is 1. The number of hydrogen-bond acceptors (Lipinski definition) is 4. The normalized spacial score (nSPS) is 20.4. The molecule has 1 atom stereocenters. The first-order valence-electron chi connectivity index (χ1n) is 6.40. The quantitative estimate of drug-likeness (QED) is 0.762. The summed E-state index contributed by atoms with van der Waals surface area (Å²) >= 11 is 3.43.